The first-order chi connectivity index (χ1) is 9.99. The smallest absolute Gasteiger partial charge is 0.184 e. The largest absolute Gasteiger partial charge is 0.378 e. The lowest BCUT2D eigenvalue weighted by Gasteiger charge is -2.18. The Bertz CT molecular complexity index is 671. The highest BCUT2D eigenvalue weighted by Gasteiger charge is 2.28. The van der Waals surface area contributed by atoms with Gasteiger partial charge in [-0.25, -0.2) is 13.8 Å². The fourth-order valence-corrected chi connectivity index (χ4v) is 3.08. The molecule has 3 unspecified atom stereocenters. The van der Waals surface area contributed by atoms with Crippen molar-refractivity contribution in [1.82, 2.24) is 9.55 Å². The van der Waals surface area contributed by atoms with Crippen LogP contribution in [0.2, 0.25) is 0 Å². The zero-order valence-electron chi connectivity index (χ0n) is 11.9. The van der Waals surface area contributed by atoms with Gasteiger partial charge in [-0.3, -0.25) is 0 Å². The maximum absolute atomic E-state index is 14.2. The van der Waals surface area contributed by atoms with Gasteiger partial charge in [0, 0.05) is 19.1 Å². The monoisotopic (exact) mass is 314 g/mol. The van der Waals surface area contributed by atoms with Crippen LogP contribution in [0.5, 0.6) is 0 Å². The van der Waals surface area contributed by atoms with Crippen LogP contribution in [-0.4, -0.2) is 22.3 Å². The average Bonchev–Trinajstić information content (AvgIpc) is 3.00. The van der Waals surface area contributed by atoms with Crippen molar-refractivity contribution >= 4 is 22.6 Å². The van der Waals surface area contributed by atoms with Crippen molar-refractivity contribution < 1.29 is 13.5 Å². The fourth-order valence-electron chi connectivity index (χ4n) is 2.91. The lowest BCUT2D eigenvalue weighted by atomic mass is 10.0. The Balaban J connectivity index is 2.13. The van der Waals surface area contributed by atoms with E-state index >= 15 is 0 Å². The molecular formula is C15H17ClF2N2O. The number of imidazole rings is 1. The van der Waals surface area contributed by atoms with Crippen molar-refractivity contribution in [3.63, 3.8) is 0 Å². The molecule has 114 valence electrons. The Labute approximate surface area is 126 Å². The Morgan fingerprint density at radius 1 is 1.48 bits per heavy atom. The van der Waals surface area contributed by atoms with Crippen LogP contribution in [0.15, 0.2) is 12.1 Å². The van der Waals surface area contributed by atoms with Gasteiger partial charge in [0.05, 0.1) is 17.0 Å². The molecule has 3 nitrogen and oxygen atoms in total. The maximum atomic E-state index is 14.2. The topological polar surface area (TPSA) is 27.1 Å². The molecule has 0 spiro atoms. The molecule has 21 heavy (non-hydrogen) atoms. The number of rotatable bonds is 3. The second kappa shape index (κ2) is 5.54. The summed E-state index contributed by atoms with van der Waals surface area (Å²) in [6, 6.07) is 2.58. The van der Waals surface area contributed by atoms with Gasteiger partial charge in [-0.15, -0.1) is 11.6 Å². The van der Waals surface area contributed by atoms with Crippen molar-refractivity contribution in [2.24, 2.45) is 5.92 Å². The van der Waals surface area contributed by atoms with E-state index in [4.69, 9.17) is 16.3 Å². The molecule has 1 aliphatic rings. The number of hydrogen-bond acceptors (Lipinski definition) is 2. The lowest BCUT2D eigenvalue weighted by molar-refractivity contribution is 0.102. The molecule has 0 radical (unpaired) electrons. The first-order valence-corrected chi connectivity index (χ1v) is 7.52. The quantitative estimate of drug-likeness (QED) is 0.800. The van der Waals surface area contributed by atoms with E-state index in [2.05, 4.69) is 4.98 Å². The molecule has 3 atom stereocenters. The predicted molar refractivity (Wildman–Crippen MR) is 77.4 cm³/mol. The number of alkyl halides is 1. The van der Waals surface area contributed by atoms with Gasteiger partial charge in [0.1, 0.15) is 11.3 Å². The van der Waals surface area contributed by atoms with Gasteiger partial charge in [-0.05, 0) is 32.4 Å². The molecule has 2 heterocycles. The van der Waals surface area contributed by atoms with Crippen molar-refractivity contribution in [2.75, 3.05) is 6.61 Å². The Morgan fingerprint density at radius 3 is 2.86 bits per heavy atom. The molecule has 0 saturated carbocycles. The second-order valence-corrected chi connectivity index (χ2v) is 6.21. The number of fused-ring (bicyclic) bond motifs is 1. The number of ether oxygens (including phenoxy) is 1. The minimum absolute atomic E-state index is 0.0950. The third-order valence-electron chi connectivity index (χ3n) is 4.14. The molecule has 1 fully saturated rings. The van der Waals surface area contributed by atoms with Crippen molar-refractivity contribution in [1.29, 1.82) is 0 Å². The SMILES string of the molecule is CC(Cl)c1nc2ccc(F)c(F)c2n1CC1CCOC1C. The molecule has 0 aliphatic carbocycles. The number of hydrogen-bond donors (Lipinski definition) is 0. The molecule has 1 aromatic heterocycles. The molecule has 0 amide bonds. The summed E-state index contributed by atoms with van der Waals surface area (Å²) < 4.78 is 35.0. The number of halogens is 3. The summed E-state index contributed by atoms with van der Waals surface area (Å²) >= 11 is 6.16. The maximum Gasteiger partial charge on any atom is 0.184 e. The standard InChI is InChI=1S/C15H17ClF2N2O/c1-8(16)15-19-12-4-3-11(17)13(18)14(12)20(15)7-10-5-6-21-9(10)2/h3-4,8-10H,5-7H2,1-2H3. The molecule has 1 aromatic carbocycles. The highest BCUT2D eigenvalue weighted by Crippen LogP contribution is 2.31. The van der Waals surface area contributed by atoms with Crippen LogP contribution < -0.4 is 0 Å². The third kappa shape index (κ3) is 2.53. The van der Waals surface area contributed by atoms with Crippen LogP contribution in [0, 0.1) is 17.6 Å². The van der Waals surface area contributed by atoms with E-state index in [1.54, 1.807) is 11.5 Å². The highest BCUT2D eigenvalue weighted by molar-refractivity contribution is 6.20. The Kier molecular flexibility index (Phi) is 3.88. The summed E-state index contributed by atoms with van der Waals surface area (Å²) in [5.74, 6) is -0.919. The van der Waals surface area contributed by atoms with E-state index in [1.807, 2.05) is 6.92 Å². The molecule has 1 aliphatic heterocycles. The number of aromatic nitrogens is 2. The molecule has 3 rings (SSSR count). The van der Waals surface area contributed by atoms with Crippen molar-refractivity contribution in [2.45, 2.75) is 38.3 Å². The van der Waals surface area contributed by atoms with Crippen LogP contribution in [0.25, 0.3) is 11.0 Å². The second-order valence-electron chi connectivity index (χ2n) is 5.55. The van der Waals surface area contributed by atoms with Gasteiger partial charge in [-0.1, -0.05) is 0 Å². The van der Waals surface area contributed by atoms with E-state index in [1.165, 1.54) is 6.07 Å². The zero-order valence-corrected chi connectivity index (χ0v) is 12.7. The van der Waals surface area contributed by atoms with Gasteiger partial charge in [0.25, 0.3) is 0 Å². The van der Waals surface area contributed by atoms with Crippen molar-refractivity contribution in [3.8, 4) is 0 Å². The summed E-state index contributed by atoms with van der Waals surface area (Å²) in [7, 11) is 0. The van der Waals surface area contributed by atoms with E-state index in [-0.39, 0.29) is 22.9 Å². The lowest BCUT2D eigenvalue weighted by Crippen LogP contribution is -2.20. The van der Waals surface area contributed by atoms with Gasteiger partial charge < -0.3 is 9.30 Å². The summed E-state index contributed by atoms with van der Waals surface area (Å²) in [5, 5.41) is -0.377. The zero-order chi connectivity index (χ0) is 15.1. The predicted octanol–water partition coefficient (Wildman–Crippen LogP) is 4.04. The van der Waals surface area contributed by atoms with Crippen LogP contribution in [0.3, 0.4) is 0 Å². The Morgan fingerprint density at radius 2 is 2.24 bits per heavy atom. The summed E-state index contributed by atoms with van der Waals surface area (Å²) in [4.78, 5) is 4.36. The van der Waals surface area contributed by atoms with Crippen molar-refractivity contribution in [3.05, 3.63) is 29.6 Å². The van der Waals surface area contributed by atoms with Crippen LogP contribution in [0.4, 0.5) is 8.78 Å². The fraction of sp³-hybridized carbons (Fsp3) is 0.533. The van der Waals surface area contributed by atoms with Crippen LogP contribution >= 0.6 is 11.6 Å². The summed E-state index contributed by atoms with van der Waals surface area (Å²) in [5.41, 5.74) is 0.625. The van der Waals surface area contributed by atoms with Gasteiger partial charge >= 0.3 is 0 Å². The molecule has 0 N–H and O–H groups in total. The van der Waals surface area contributed by atoms with Crippen LogP contribution in [-0.2, 0) is 11.3 Å². The van der Waals surface area contributed by atoms with Gasteiger partial charge in [-0.2, -0.15) is 0 Å². The Hall–Kier alpha value is -1.20. The average molecular weight is 315 g/mol. The third-order valence-corrected chi connectivity index (χ3v) is 4.33. The van der Waals surface area contributed by atoms with E-state index < -0.39 is 11.6 Å². The summed E-state index contributed by atoms with van der Waals surface area (Å²) in [6.07, 6.45) is 0.992. The molecule has 6 heteroatoms. The minimum Gasteiger partial charge on any atom is -0.378 e. The first kappa shape index (κ1) is 14.7. The number of benzene rings is 1. The molecule has 0 bridgehead atoms. The normalized spacial score (nSPS) is 23.9. The molecule has 2 aromatic rings. The van der Waals surface area contributed by atoms with E-state index in [0.717, 1.165) is 12.5 Å². The van der Waals surface area contributed by atoms with E-state index in [0.29, 0.717) is 24.5 Å². The highest BCUT2D eigenvalue weighted by atomic mass is 35.5. The van der Waals surface area contributed by atoms with Gasteiger partial charge in [0.2, 0.25) is 0 Å². The molecular weight excluding hydrogens is 298 g/mol. The van der Waals surface area contributed by atoms with Gasteiger partial charge in [0.15, 0.2) is 11.6 Å². The number of nitrogens with zero attached hydrogens (tertiary/aromatic N) is 2. The summed E-state index contributed by atoms with van der Waals surface area (Å²) in [6.45, 7) is 5.01. The van der Waals surface area contributed by atoms with Crippen LogP contribution in [0.1, 0.15) is 31.5 Å². The minimum atomic E-state index is -0.867. The van der Waals surface area contributed by atoms with E-state index in [9.17, 15) is 8.78 Å². The molecule has 1 saturated heterocycles. The first-order valence-electron chi connectivity index (χ1n) is 7.09.